The third kappa shape index (κ3) is 2.06. The van der Waals surface area contributed by atoms with Gasteiger partial charge in [-0.2, -0.15) is 0 Å². The van der Waals surface area contributed by atoms with Crippen LogP contribution in [0.15, 0.2) is 30.9 Å². The maximum absolute atomic E-state index is 11.5. The van der Waals surface area contributed by atoms with Crippen molar-refractivity contribution < 1.29 is 4.79 Å². The number of carbonyl (C=O) groups excluding carboxylic acids is 1. The molecule has 0 aromatic carbocycles. The van der Waals surface area contributed by atoms with Crippen LogP contribution in [0.4, 0.5) is 0 Å². The Balaban J connectivity index is 2.04. The Morgan fingerprint density at radius 2 is 2.05 bits per heavy atom. The van der Waals surface area contributed by atoms with Gasteiger partial charge in [-0.1, -0.05) is 11.6 Å². The van der Waals surface area contributed by atoms with Gasteiger partial charge >= 0.3 is 0 Å². The zero-order valence-corrected chi connectivity index (χ0v) is 10.8. The summed E-state index contributed by atoms with van der Waals surface area (Å²) in [6, 6.07) is 3.55. The molecule has 0 atom stereocenters. The van der Waals surface area contributed by atoms with Gasteiger partial charge in [-0.25, -0.2) is 9.97 Å². The van der Waals surface area contributed by atoms with Crippen LogP contribution in [0.5, 0.6) is 0 Å². The standard InChI is InChI=1S/C13H11ClN4O/c14-9-3-8(5-16-6-9)10-4-11(18-7-17-10)13(1-2-13)12(15)19/h3-7H,1-2H2,(H2,15,19). The van der Waals surface area contributed by atoms with Crippen LogP contribution in [0.1, 0.15) is 18.5 Å². The van der Waals surface area contributed by atoms with Crippen LogP contribution in [-0.2, 0) is 10.2 Å². The molecule has 0 saturated heterocycles. The highest BCUT2D eigenvalue weighted by atomic mass is 35.5. The van der Waals surface area contributed by atoms with Crippen LogP contribution in [0.2, 0.25) is 5.02 Å². The van der Waals surface area contributed by atoms with Crippen molar-refractivity contribution in [2.24, 2.45) is 5.73 Å². The number of halogens is 1. The van der Waals surface area contributed by atoms with Crippen molar-refractivity contribution in [2.75, 3.05) is 0 Å². The predicted octanol–water partition coefficient (Wildman–Crippen LogP) is 1.71. The molecule has 6 heteroatoms. The number of rotatable bonds is 3. The molecule has 19 heavy (non-hydrogen) atoms. The predicted molar refractivity (Wildman–Crippen MR) is 70.4 cm³/mol. The van der Waals surface area contributed by atoms with Crippen LogP contribution in [0, 0.1) is 0 Å². The van der Waals surface area contributed by atoms with Gasteiger partial charge in [-0.15, -0.1) is 0 Å². The summed E-state index contributed by atoms with van der Waals surface area (Å²) in [5.74, 6) is -0.332. The third-order valence-corrected chi connectivity index (χ3v) is 3.59. The minimum atomic E-state index is -0.607. The lowest BCUT2D eigenvalue weighted by Crippen LogP contribution is -2.29. The van der Waals surface area contributed by atoms with Gasteiger partial charge in [-0.05, 0) is 25.0 Å². The summed E-state index contributed by atoms with van der Waals surface area (Å²) in [7, 11) is 0. The van der Waals surface area contributed by atoms with E-state index < -0.39 is 5.41 Å². The highest BCUT2D eigenvalue weighted by Gasteiger charge is 2.51. The summed E-state index contributed by atoms with van der Waals surface area (Å²) in [4.78, 5) is 23.9. The Kier molecular flexibility index (Phi) is 2.71. The Bertz CT molecular complexity index is 655. The van der Waals surface area contributed by atoms with Crippen LogP contribution in [0.25, 0.3) is 11.3 Å². The molecule has 2 aromatic heterocycles. The van der Waals surface area contributed by atoms with E-state index in [0.717, 1.165) is 18.4 Å². The molecule has 0 bridgehead atoms. The number of nitrogens with zero attached hydrogens (tertiary/aromatic N) is 3. The number of primary amides is 1. The first kappa shape index (κ1) is 12.0. The highest BCUT2D eigenvalue weighted by Crippen LogP contribution is 2.47. The lowest BCUT2D eigenvalue weighted by atomic mass is 10.00. The zero-order valence-electron chi connectivity index (χ0n) is 10.0. The average Bonchev–Trinajstić information content (AvgIpc) is 3.20. The lowest BCUT2D eigenvalue weighted by molar-refractivity contribution is -0.120. The fourth-order valence-corrected chi connectivity index (χ4v) is 2.26. The number of carbonyl (C=O) groups is 1. The van der Waals surface area contributed by atoms with E-state index in [2.05, 4.69) is 15.0 Å². The Hall–Kier alpha value is -2.01. The second-order valence-electron chi connectivity index (χ2n) is 4.63. The first-order valence-corrected chi connectivity index (χ1v) is 6.23. The SMILES string of the molecule is NC(=O)C1(c2cc(-c3cncc(Cl)c3)ncn2)CC1. The first-order chi connectivity index (χ1) is 9.12. The largest absolute Gasteiger partial charge is 0.369 e. The molecule has 3 rings (SSSR count). The minimum absolute atomic E-state index is 0.332. The number of aromatic nitrogens is 3. The van der Waals surface area contributed by atoms with Crippen LogP contribution in [-0.4, -0.2) is 20.9 Å². The van der Waals surface area contributed by atoms with E-state index in [9.17, 15) is 4.79 Å². The second kappa shape index (κ2) is 4.28. The molecule has 2 N–H and O–H groups in total. The van der Waals surface area contributed by atoms with Crippen molar-refractivity contribution in [3.63, 3.8) is 0 Å². The Morgan fingerprint density at radius 3 is 2.68 bits per heavy atom. The normalized spacial score (nSPS) is 16.1. The van der Waals surface area contributed by atoms with Gasteiger partial charge in [0.2, 0.25) is 5.91 Å². The summed E-state index contributed by atoms with van der Waals surface area (Å²) in [6.07, 6.45) is 6.15. The van der Waals surface area contributed by atoms with E-state index in [1.807, 2.05) is 0 Å². The topological polar surface area (TPSA) is 81.8 Å². The van der Waals surface area contributed by atoms with Gasteiger partial charge in [0.15, 0.2) is 0 Å². The summed E-state index contributed by atoms with van der Waals surface area (Å²) < 4.78 is 0. The number of amides is 1. The molecule has 0 unspecified atom stereocenters. The molecule has 96 valence electrons. The molecule has 1 saturated carbocycles. The maximum Gasteiger partial charge on any atom is 0.229 e. The van der Waals surface area contributed by atoms with Gasteiger partial charge in [0.25, 0.3) is 0 Å². The number of hydrogen-bond donors (Lipinski definition) is 1. The van der Waals surface area contributed by atoms with Gasteiger partial charge in [-0.3, -0.25) is 9.78 Å². The molecule has 1 fully saturated rings. The molecule has 2 heterocycles. The Morgan fingerprint density at radius 1 is 1.26 bits per heavy atom. The van der Waals surface area contributed by atoms with E-state index in [1.54, 1.807) is 24.5 Å². The molecule has 1 aliphatic rings. The average molecular weight is 275 g/mol. The molecular formula is C13H11ClN4O. The molecular weight excluding hydrogens is 264 g/mol. The second-order valence-corrected chi connectivity index (χ2v) is 5.06. The van der Waals surface area contributed by atoms with Crippen molar-refractivity contribution in [1.29, 1.82) is 0 Å². The van der Waals surface area contributed by atoms with Crippen molar-refractivity contribution in [3.05, 3.63) is 41.6 Å². The highest BCUT2D eigenvalue weighted by molar-refractivity contribution is 6.30. The number of pyridine rings is 1. The van der Waals surface area contributed by atoms with Crippen molar-refractivity contribution in [1.82, 2.24) is 15.0 Å². The number of hydrogen-bond acceptors (Lipinski definition) is 4. The monoisotopic (exact) mass is 274 g/mol. The smallest absolute Gasteiger partial charge is 0.229 e. The lowest BCUT2D eigenvalue weighted by Gasteiger charge is -2.10. The fraction of sp³-hybridized carbons (Fsp3) is 0.231. The van der Waals surface area contributed by atoms with Gasteiger partial charge < -0.3 is 5.73 Å². The van der Waals surface area contributed by atoms with Gasteiger partial charge in [0, 0.05) is 18.0 Å². The van der Waals surface area contributed by atoms with E-state index in [0.29, 0.717) is 16.4 Å². The van der Waals surface area contributed by atoms with Crippen LogP contribution >= 0.6 is 11.6 Å². The maximum atomic E-state index is 11.5. The number of nitrogens with two attached hydrogens (primary N) is 1. The Labute approximate surface area is 114 Å². The van der Waals surface area contributed by atoms with Crippen LogP contribution in [0.3, 0.4) is 0 Å². The summed E-state index contributed by atoms with van der Waals surface area (Å²) in [5.41, 5.74) is 6.98. The van der Waals surface area contributed by atoms with E-state index in [4.69, 9.17) is 17.3 Å². The van der Waals surface area contributed by atoms with Crippen molar-refractivity contribution >= 4 is 17.5 Å². The molecule has 0 spiro atoms. The summed E-state index contributed by atoms with van der Waals surface area (Å²) in [6.45, 7) is 0. The fourth-order valence-electron chi connectivity index (χ4n) is 2.08. The molecule has 1 amide bonds. The molecule has 0 radical (unpaired) electrons. The molecule has 0 aliphatic heterocycles. The van der Waals surface area contributed by atoms with Gasteiger partial charge in [0.05, 0.1) is 21.8 Å². The minimum Gasteiger partial charge on any atom is -0.369 e. The summed E-state index contributed by atoms with van der Waals surface area (Å²) in [5, 5.41) is 0.536. The van der Waals surface area contributed by atoms with E-state index in [1.165, 1.54) is 6.33 Å². The summed E-state index contributed by atoms with van der Waals surface area (Å²) >= 11 is 5.91. The molecule has 1 aliphatic carbocycles. The zero-order chi connectivity index (χ0) is 13.5. The third-order valence-electron chi connectivity index (χ3n) is 3.38. The van der Waals surface area contributed by atoms with Crippen molar-refractivity contribution in [2.45, 2.75) is 18.3 Å². The van der Waals surface area contributed by atoms with E-state index >= 15 is 0 Å². The quantitative estimate of drug-likeness (QED) is 0.924. The first-order valence-electron chi connectivity index (χ1n) is 5.85. The van der Waals surface area contributed by atoms with Gasteiger partial charge in [0.1, 0.15) is 6.33 Å². The van der Waals surface area contributed by atoms with E-state index in [-0.39, 0.29) is 5.91 Å². The molecule has 2 aromatic rings. The van der Waals surface area contributed by atoms with Crippen LogP contribution < -0.4 is 5.73 Å². The molecule has 5 nitrogen and oxygen atoms in total. The van der Waals surface area contributed by atoms with Crippen molar-refractivity contribution in [3.8, 4) is 11.3 Å².